The van der Waals surface area contributed by atoms with Crippen LogP contribution in [-0.4, -0.2) is 133 Å². The van der Waals surface area contributed by atoms with E-state index in [-0.39, 0.29) is 13.2 Å². The molecule has 5 unspecified atom stereocenters. The van der Waals surface area contributed by atoms with Gasteiger partial charge in [-0.3, -0.25) is 0 Å². The fourth-order valence-corrected chi connectivity index (χ4v) is 5.27. The van der Waals surface area contributed by atoms with Gasteiger partial charge in [0.1, 0.15) is 42.7 Å². The maximum atomic E-state index is 12.5. The molecule has 0 aromatic heterocycles. The van der Waals surface area contributed by atoms with E-state index < -0.39 is 73.7 Å². The third-order valence-corrected chi connectivity index (χ3v) is 7.67. The average Bonchev–Trinajstić information content (AvgIpc) is 3.04. The van der Waals surface area contributed by atoms with Crippen molar-refractivity contribution < 1.29 is 62.0 Å². The molecule has 1 N–H and O–H groups in total. The van der Waals surface area contributed by atoms with Crippen molar-refractivity contribution in [1.82, 2.24) is 0 Å². The number of aliphatic carboxylic acids is 1. The molecule has 0 amide bonds. The molecule has 45 heavy (non-hydrogen) atoms. The quantitative estimate of drug-likeness (QED) is 0.0987. The zero-order chi connectivity index (χ0) is 33.2. The molecule has 262 valence electrons. The van der Waals surface area contributed by atoms with Crippen LogP contribution in [0, 0.1) is 12.3 Å². The molecular formula is C32H56O13. The highest BCUT2D eigenvalue weighted by atomic mass is 16.8. The SMILES string of the molecule is C#CC(OCC)O[C@@H]1C(C(=O)O)O[C@@H](O[C@@H]2C(COCCCC)O[C@H](OC)C(OCCCC)[C@H]2OCCCC)[C@@H](OC)C1OC. The number of unbranched alkanes of at least 4 members (excludes halogenated alkanes) is 3. The Balaban J connectivity index is 2.49. The standard InChI is InChI=1S/C32H56O13/c1-9-14-17-38-20-21-23(25(40-18-15-10-2)29(31(37-8)42-21)41-19-16-11-3)44-32-28(36-7)24(35-6)26(27(45-32)30(33)34)43-22(12-4)39-13-5/h4,21-29,31-32H,9-11,13-20H2,1-3,5-8H3,(H,33,34)/t21?,22?,23-,24?,25+,26+,27?,28+,29?,31+,32-/m1/s1. The van der Waals surface area contributed by atoms with Crippen LogP contribution in [0.2, 0.25) is 0 Å². The second kappa shape index (κ2) is 22.2. The Labute approximate surface area is 268 Å². The fourth-order valence-electron chi connectivity index (χ4n) is 5.27. The van der Waals surface area contributed by atoms with Gasteiger partial charge < -0.3 is 57.2 Å². The van der Waals surface area contributed by atoms with Gasteiger partial charge in [0, 0.05) is 47.8 Å². The Hall–Kier alpha value is -1.41. The van der Waals surface area contributed by atoms with Gasteiger partial charge in [0.15, 0.2) is 18.7 Å². The highest BCUT2D eigenvalue weighted by Crippen LogP contribution is 2.35. The van der Waals surface area contributed by atoms with Crippen molar-refractivity contribution in [3.8, 4) is 12.3 Å². The molecule has 0 aliphatic carbocycles. The van der Waals surface area contributed by atoms with Crippen LogP contribution in [0.4, 0.5) is 0 Å². The molecule has 13 nitrogen and oxygen atoms in total. The van der Waals surface area contributed by atoms with E-state index in [1.807, 2.05) is 0 Å². The first-order valence-electron chi connectivity index (χ1n) is 16.2. The van der Waals surface area contributed by atoms with Crippen LogP contribution in [0.1, 0.15) is 66.2 Å². The smallest absolute Gasteiger partial charge is 0.335 e. The monoisotopic (exact) mass is 648 g/mol. The van der Waals surface area contributed by atoms with E-state index >= 15 is 0 Å². The second-order valence-electron chi connectivity index (χ2n) is 10.9. The van der Waals surface area contributed by atoms with Gasteiger partial charge in [0.05, 0.1) is 6.61 Å². The zero-order valence-electron chi connectivity index (χ0n) is 28.1. The van der Waals surface area contributed by atoms with Gasteiger partial charge in [-0.1, -0.05) is 40.0 Å². The van der Waals surface area contributed by atoms with Crippen LogP contribution in [0.5, 0.6) is 0 Å². The number of hydrogen-bond donors (Lipinski definition) is 1. The van der Waals surface area contributed by atoms with Crippen molar-refractivity contribution >= 4 is 5.97 Å². The minimum atomic E-state index is -1.53. The van der Waals surface area contributed by atoms with Crippen molar-refractivity contribution in [2.45, 2.75) is 134 Å². The average molecular weight is 649 g/mol. The van der Waals surface area contributed by atoms with E-state index in [2.05, 4.69) is 26.7 Å². The van der Waals surface area contributed by atoms with Gasteiger partial charge in [-0.25, -0.2) is 4.79 Å². The maximum absolute atomic E-state index is 12.5. The first-order chi connectivity index (χ1) is 21.8. The molecule has 2 saturated heterocycles. The lowest BCUT2D eigenvalue weighted by Crippen LogP contribution is -2.67. The van der Waals surface area contributed by atoms with Crippen LogP contribution in [0.15, 0.2) is 0 Å². The third-order valence-electron chi connectivity index (χ3n) is 7.67. The number of carbonyl (C=O) groups is 1. The first kappa shape index (κ1) is 39.8. The number of terminal acetylenes is 1. The van der Waals surface area contributed by atoms with E-state index in [0.29, 0.717) is 19.8 Å². The third kappa shape index (κ3) is 11.7. The number of rotatable bonds is 23. The van der Waals surface area contributed by atoms with E-state index in [9.17, 15) is 9.90 Å². The van der Waals surface area contributed by atoms with Gasteiger partial charge in [-0.05, 0) is 32.1 Å². The minimum Gasteiger partial charge on any atom is -0.479 e. The van der Waals surface area contributed by atoms with Crippen molar-refractivity contribution in [1.29, 1.82) is 0 Å². The molecule has 0 bridgehead atoms. The molecule has 0 spiro atoms. The normalized spacial score (nSPS) is 32.7. The lowest BCUT2D eigenvalue weighted by atomic mass is 9.96. The molecule has 2 fully saturated rings. The van der Waals surface area contributed by atoms with Crippen molar-refractivity contribution in [2.75, 3.05) is 54.4 Å². The molecule has 2 aliphatic heterocycles. The predicted octanol–water partition coefficient (Wildman–Crippen LogP) is 3.15. The summed E-state index contributed by atoms with van der Waals surface area (Å²) in [4.78, 5) is 12.5. The summed E-state index contributed by atoms with van der Waals surface area (Å²) in [5, 5.41) is 10.2. The van der Waals surface area contributed by atoms with Crippen molar-refractivity contribution in [3.05, 3.63) is 0 Å². The Morgan fingerprint density at radius 2 is 1.40 bits per heavy atom. The maximum Gasteiger partial charge on any atom is 0.335 e. The van der Waals surface area contributed by atoms with Crippen LogP contribution in [-0.2, 0) is 56.9 Å². The van der Waals surface area contributed by atoms with Crippen molar-refractivity contribution in [3.63, 3.8) is 0 Å². The molecular weight excluding hydrogens is 592 g/mol. The van der Waals surface area contributed by atoms with E-state index in [1.54, 1.807) is 14.0 Å². The molecule has 2 rings (SSSR count). The summed E-state index contributed by atoms with van der Waals surface area (Å²) >= 11 is 0. The van der Waals surface area contributed by atoms with Gasteiger partial charge >= 0.3 is 5.97 Å². The highest BCUT2D eigenvalue weighted by molar-refractivity contribution is 5.73. The second-order valence-corrected chi connectivity index (χ2v) is 10.9. The first-order valence-corrected chi connectivity index (χ1v) is 16.2. The minimum absolute atomic E-state index is 0.171. The van der Waals surface area contributed by atoms with E-state index in [1.165, 1.54) is 14.2 Å². The number of ether oxygens (including phenoxy) is 11. The zero-order valence-corrected chi connectivity index (χ0v) is 28.1. The van der Waals surface area contributed by atoms with Gasteiger partial charge in [-0.2, -0.15) is 0 Å². The van der Waals surface area contributed by atoms with Crippen LogP contribution in [0.3, 0.4) is 0 Å². The summed E-state index contributed by atoms with van der Waals surface area (Å²) in [5.41, 5.74) is 0. The number of carboxylic acids is 1. The summed E-state index contributed by atoms with van der Waals surface area (Å²) in [6.07, 6.45) is 0.369. The van der Waals surface area contributed by atoms with Crippen molar-refractivity contribution in [2.24, 2.45) is 0 Å². The Morgan fingerprint density at radius 1 is 0.778 bits per heavy atom. The lowest BCUT2D eigenvalue weighted by molar-refractivity contribution is -0.369. The number of methoxy groups -OCH3 is 3. The molecule has 2 aliphatic rings. The van der Waals surface area contributed by atoms with Gasteiger partial charge in [-0.15, -0.1) is 6.42 Å². The number of carboxylic acid groups (broad SMARTS) is 1. The summed E-state index contributed by atoms with van der Waals surface area (Å²) in [6, 6.07) is 0. The molecule has 0 saturated carbocycles. The summed E-state index contributed by atoms with van der Waals surface area (Å²) < 4.78 is 66.4. The molecule has 13 heteroatoms. The topological polar surface area (TPSA) is 139 Å². The van der Waals surface area contributed by atoms with Crippen LogP contribution < -0.4 is 0 Å². The van der Waals surface area contributed by atoms with Crippen LogP contribution >= 0.6 is 0 Å². The van der Waals surface area contributed by atoms with Gasteiger partial charge in [0.2, 0.25) is 6.29 Å². The Bertz CT molecular complexity index is 838. The Kier molecular flexibility index (Phi) is 19.6. The molecule has 0 radical (unpaired) electrons. The summed E-state index contributed by atoms with van der Waals surface area (Å²) in [6.45, 7) is 9.83. The molecule has 0 aromatic rings. The molecule has 0 aromatic carbocycles. The largest absolute Gasteiger partial charge is 0.479 e. The molecule has 2 heterocycles. The summed E-state index contributed by atoms with van der Waals surface area (Å²) in [7, 11) is 4.43. The summed E-state index contributed by atoms with van der Waals surface area (Å²) in [5.74, 6) is 1.07. The molecule has 11 atom stereocenters. The van der Waals surface area contributed by atoms with Crippen LogP contribution in [0.25, 0.3) is 0 Å². The predicted molar refractivity (Wildman–Crippen MR) is 163 cm³/mol. The highest BCUT2D eigenvalue weighted by Gasteiger charge is 2.55. The fraction of sp³-hybridized carbons (Fsp3) is 0.906. The Morgan fingerprint density at radius 3 is 1.93 bits per heavy atom. The number of hydrogen-bond acceptors (Lipinski definition) is 12. The lowest BCUT2D eigenvalue weighted by Gasteiger charge is -2.49. The van der Waals surface area contributed by atoms with Gasteiger partial charge in [0.25, 0.3) is 0 Å². The van der Waals surface area contributed by atoms with E-state index in [0.717, 1.165) is 38.5 Å². The van der Waals surface area contributed by atoms with E-state index in [4.69, 9.17) is 58.5 Å².